The normalized spacial score (nSPS) is 10.3. The minimum absolute atomic E-state index is 0.0800. The Bertz CT molecular complexity index is 646. The summed E-state index contributed by atoms with van der Waals surface area (Å²) >= 11 is 5.72. The molecule has 0 atom stereocenters. The Hall–Kier alpha value is -2.14. The van der Waals surface area contributed by atoms with Crippen LogP contribution in [0.1, 0.15) is 16.1 Å². The van der Waals surface area contributed by atoms with E-state index >= 15 is 0 Å². The lowest BCUT2D eigenvalue weighted by Crippen LogP contribution is -2.15. The number of amides is 1. The SMILES string of the molecule is Cc1nc(Cl)ccc1NC(=O)c1ccc(N)cc1F. The molecule has 0 aliphatic rings. The molecule has 0 spiro atoms. The van der Waals surface area contributed by atoms with Gasteiger partial charge in [-0.15, -0.1) is 0 Å². The highest BCUT2D eigenvalue weighted by Crippen LogP contribution is 2.18. The number of anilines is 2. The van der Waals surface area contributed by atoms with E-state index in [0.29, 0.717) is 16.5 Å². The summed E-state index contributed by atoms with van der Waals surface area (Å²) < 4.78 is 13.6. The topological polar surface area (TPSA) is 68.0 Å². The number of hydrogen-bond acceptors (Lipinski definition) is 3. The van der Waals surface area contributed by atoms with Crippen LogP contribution < -0.4 is 11.1 Å². The van der Waals surface area contributed by atoms with E-state index in [4.69, 9.17) is 17.3 Å². The Kier molecular flexibility index (Phi) is 3.66. The van der Waals surface area contributed by atoms with Crippen molar-refractivity contribution in [2.45, 2.75) is 6.92 Å². The summed E-state index contributed by atoms with van der Waals surface area (Å²) in [6, 6.07) is 7.05. The zero-order chi connectivity index (χ0) is 14.0. The number of nitrogens with two attached hydrogens (primary N) is 1. The van der Waals surface area contributed by atoms with Crippen LogP contribution in [0.5, 0.6) is 0 Å². The molecular formula is C13H11ClFN3O. The van der Waals surface area contributed by atoms with Crippen molar-refractivity contribution < 1.29 is 9.18 Å². The van der Waals surface area contributed by atoms with Gasteiger partial charge < -0.3 is 11.1 Å². The fourth-order valence-electron chi connectivity index (χ4n) is 1.57. The summed E-state index contributed by atoms with van der Waals surface area (Å²) in [7, 11) is 0. The van der Waals surface area contributed by atoms with Crippen LogP contribution >= 0.6 is 11.6 Å². The number of carbonyl (C=O) groups is 1. The molecule has 1 aromatic heterocycles. The van der Waals surface area contributed by atoms with Gasteiger partial charge in [-0.1, -0.05) is 11.6 Å². The van der Waals surface area contributed by atoms with Gasteiger partial charge >= 0.3 is 0 Å². The summed E-state index contributed by atoms with van der Waals surface area (Å²) in [6.07, 6.45) is 0. The Balaban J connectivity index is 2.25. The molecule has 0 aliphatic carbocycles. The molecule has 1 heterocycles. The highest BCUT2D eigenvalue weighted by Gasteiger charge is 2.13. The zero-order valence-electron chi connectivity index (χ0n) is 10.1. The first kappa shape index (κ1) is 13.3. The Morgan fingerprint density at radius 2 is 2.11 bits per heavy atom. The van der Waals surface area contributed by atoms with E-state index in [9.17, 15) is 9.18 Å². The molecule has 98 valence electrons. The fourth-order valence-corrected chi connectivity index (χ4v) is 1.76. The van der Waals surface area contributed by atoms with Crippen molar-refractivity contribution in [1.82, 2.24) is 4.98 Å². The second kappa shape index (κ2) is 5.24. The highest BCUT2D eigenvalue weighted by molar-refractivity contribution is 6.29. The lowest BCUT2D eigenvalue weighted by Gasteiger charge is -2.08. The van der Waals surface area contributed by atoms with Crippen LogP contribution in [0.4, 0.5) is 15.8 Å². The molecule has 2 rings (SSSR count). The molecule has 1 aromatic carbocycles. The lowest BCUT2D eigenvalue weighted by molar-refractivity contribution is 0.102. The van der Waals surface area contributed by atoms with Gasteiger partial charge in [-0.25, -0.2) is 9.37 Å². The number of benzene rings is 1. The second-order valence-electron chi connectivity index (χ2n) is 3.96. The standard InChI is InChI=1S/C13H11ClFN3O/c1-7-11(4-5-12(14)17-7)18-13(19)9-3-2-8(16)6-10(9)15/h2-6H,16H2,1H3,(H,18,19). The predicted octanol–water partition coefficient (Wildman–Crippen LogP) is 3.02. The van der Waals surface area contributed by atoms with Crippen LogP contribution in [0, 0.1) is 12.7 Å². The maximum absolute atomic E-state index is 13.6. The van der Waals surface area contributed by atoms with Gasteiger partial charge in [0.2, 0.25) is 0 Å². The average Bonchev–Trinajstić information content (AvgIpc) is 2.32. The van der Waals surface area contributed by atoms with Crippen LogP contribution in [0.2, 0.25) is 5.15 Å². The number of hydrogen-bond donors (Lipinski definition) is 2. The van der Waals surface area contributed by atoms with Crippen LogP contribution in [0.15, 0.2) is 30.3 Å². The molecule has 0 unspecified atom stereocenters. The summed E-state index contributed by atoms with van der Waals surface area (Å²) in [6.45, 7) is 1.70. The summed E-state index contributed by atoms with van der Waals surface area (Å²) in [5, 5.41) is 2.90. The summed E-state index contributed by atoms with van der Waals surface area (Å²) in [5.41, 5.74) is 6.64. The maximum atomic E-state index is 13.6. The van der Waals surface area contributed by atoms with Gasteiger partial charge in [0, 0.05) is 5.69 Å². The van der Waals surface area contributed by atoms with E-state index in [1.165, 1.54) is 12.1 Å². The van der Waals surface area contributed by atoms with Gasteiger partial charge in [-0.2, -0.15) is 0 Å². The molecule has 19 heavy (non-hydrogen) atoms. The maximum Gasteiger partial charge on any atom is 0.258 e. The van der Waals surface area contributed by atoms with E-state index in [-0.39, 0.29) is 11.3 Å². The molecule has 0 radical (unpaired) electrons. The molecule has 3 N–H and O–H groups in total. The molecular weight excluding hydrogens is 269 g/mol. The Morgan fingerprint density at radius 1 is 1.37 bits per heavy atom. The third kappa shape index (κ3) is 3.00. The number of halogens is 2. The van der Waals surface area contributed by atoms with E-state index in [1.54, 1.807) is 19.1 Å². The molecule has 0 saturated carbocycles. The van der Waals surface area contributed by atoms with E-state index in [0.717, 1.165) is 6.07 Å². The van der Waals surface area contributed by atoms with Gasteiger partial charge in [-0.05, 0) is 37.3 Å². The first-order chi connectivity index (χ1) is 8.97. The summed E-state index contributed by atoms with van der Waals surface area (Å²) in [4.78, 5) is 15.9. The number of aryl methyl sites for hydroxylation is 1. The minimum Gasteiger partial charge on any atom is -0.399 e. The minimum atomic E-state index is -0.669. The largest absolute Gasteiger partial charge is 0.399 e. The molecule has 2 aromatic rings. The predicted molar refractivity (Wildman–Crippen MR) is 72.7 cm³/mol. The van der Waals surface area contributed by atoms with Crippen molar-refractivity contribution in [3.63, 3.8) is 0 Å². The van der Waals surface area contributed by atoms with Gasteiger partial charge in [-0.3, -0.25) is 4.79 Å². The first-order valence-electron chi connectivity index (χ1n) is 5.47. The van der Waals surface area contributed by atoms with E-state index in [2.05, 4.69) is 10.3 Å². The van der Waals surface area contributed by atoms with Crippen LogP contribution in [0.25, 0.3) is 0 Å². The van der Waals surface area contributed by atoms with Crippen LogP contribution in [-0.2, 0) is 0 Å². The molecule has 1 amide bonds. The molecule has 0 saturated heterocycles. The summed E-state index contributed by atoms with van der Waals surface area (Å²) in [5.74, 6) is -1.23. The van der Waals surface area contributed by atoms with Crippen molar-refractivity contribution in [3.05, 3.63) is 52.6 Å². The van der Waals surface area contributed by atoms with Gasteiger partial charge in [0.1, 0.15) is 11.0 Å². The van der Waals surface area contributed by atoms with Crippen LogP contribution in [0.3, 0.4) is 0 Å². The van der Waals surface area contributed by atoms with Crippen molar-refractivity contribution >= 4 is 28.9 Å². The quantitative estimate of drug-likeness (QED) is 0.656. The number of carbonyl (C=O) groups excluding carboxylic acids is 1. The Labute approximate surface area is 114 Å². The average molecular weight is 280 g/mol. The van der Waals surface area contributed by atoms with E-state index in [1.807, 2.05) is 0 Å². The van der Waals surface area contributed by atoms with Gasteiger partial charge in [0.05, 0.1) is 16.9 Å². The first-order valence-corrected chi connectivity index (χ1v) is 5.84. The van der Waals surface area contributed by atoms with Crippen molar-refractivity contribution in [2.24, 2.45) is 0 Å². The number of nitrogen functional groups attached to an aromatic ring is 1. The van der Waals surface area contributed by atoms with Crippen LogP contribution in [-0.4, -0.2) is 10.9 Å². The number of rotatable bonds is 2. The van der Waals surface area contributed by atoms with Crippen molar-refractivity contribution in [2.75, 3.05) is 11.1 Å². The molecule has 0 fully saturated rings. The molecule has 0 bridgehead atoms. The third-order valence-corrected chi connectivity index (χ3v) is 2.75. The number of nitrogens with one attached hydrogen (secondary N) is 1. The van der Waals surface area contributed by atoms with Gasteiger partial charge in [0.15, 0.2) is 0 Å². The monoisotopic (exact) mass is 279 g/mol. The van der Waals surface area contributed by atoms with Crippen molar-refractivity contribution in [1.29, 1.82) is 0 Å². The fraction of sp³-hybridized carbons (Fsp3) is 0.0769. The number of aromatic nitrogens is 1. The smallest absolute Gasteiger partial charge is 0.258 e. The zero-order valence-corrected chi connectivity index (χ0v) is 10.8. The third-order valence-electron chi connectivity index (χ3n) is 2.54. The number of pyridine rings is 1. The Morgan fingerprint density at radius 3 is 2.74 bits per heavy atom. The van der Waals surface area contributed by atoms with Gasteiger partial charge in [0.25, 0.3) is 5.91 Å². The number of nitrogens with zero attached hydrogens (tertiary/aromatic N) is 1. The van der Waals surface area contributed by atoms with Crippen molar-refractivity contribution in [3.8, 4) is 0 Å². The molecule has 4 nitrogen and oxygen atoms in total. The van der Waals surface area contributed by atoms with E-state index < -0.39 is 11.7 Å². The second-order valence-corrected chi connectivity index (χ2v) is 4.35. The molecule has 0 aliphatic heterocycles. The molecule has 6 heteroatoms. The lowest BCUT2D eigenvalue weighted by atomic mass is 10.1. The highest BCUT2D eigenvalue weighted by atomic mass is 35.5.